The number of pyridine rings is 1. The van der Waals surface area contributed by atoms with Crippen molar-refractivity contribution in [3.8, 4) is 0 Å². The summed E-state index contributed by atoms with van der Waals surface area (Å²) in [6, 6.07) is 4.29. The van der Waals surface area contributed by atoms with Crippen molar-refractivity contribution in [2.45, 2.75) is 25.3 Å². The standard InChI is InChI=1S/C10H13IN2/c11-10-4-3-8(6-13-10)9(12)5-7-1-2-7/h3-4,6-7,9H,1-2,5,12H2/t9-/m1/s1. The van der Waals surface area contributed by atoms with E-state index in [1.54, 1.807) is 0 Å². The highest BCUT2D eigenvalue weighted by Gasteiger charge is 2.24. The van der Waals surface area contributed by atoms with E-state index >= 15 is 0 Å². The zero-order valence-electron chi connectivity index (χ0n) is 7.41. The lowest BCUT2D eigenvalue weighted by Crippen LogP contribution is -2.11. The van der Waals surface area contributed by atoms with Crippen molar-refractivity contribution in [1.29, 1.82) is 0 Å². The minimum absolute atomic E-state index is 0.192. The van der Waals surface area contributed by atoms with Gasteiger partial charge in [0.1, 0.15) is 3.70 Å². The summed E-state index contributed by atoms with van der Waals surface area (Å²) in [6.45, 7) is 0. The first kappa shape index (κ1) is 9.40. The summed E-state index contributed by atoms with van der Waals surface area (Å²) in [5.41, 5.74) is 7.22. The number of nitrogens with zero attached hydrogens (tertiary/aromatic N) is 1. The Bertz CT molecular complexity index is 279. The van der Waals surface area contributed by atoms with E-state index in [1.165, 1.54) is 18.4 Å². The molecule has 0 amide bonds. The lowest BCUT2D eigenvalue weighted by molar-refractivity contribution is 0.595. The summed E-state index contributed by atoms with van der Waals surface area (Å²) in [5, 5.41) is 0. The first-order valence-corrected chi connectivity index (χ1v) is 5.70. The van der Waals surface area contributed by atoms with Crippen LogP contribution in [0.2, 0.25) is 0 Å². The molecule has 1 aliphatic carbocycles. The third-order valence-corrected chi connectivity index (χ3v) is 3.10. The Labute approximate surface area is 92.1 Å². The van der Waals surface area contributed by atoms with Crippen LogP contribution in [0.25, 0.3) is 0 Å². The van der Waals surface area contributed by atoms with Crippen LogP contribution in [0.1, 0.15) is 30.9 Å². The Kier molecular flexibility index (Phi) is 2.83. The average Bonchev–Trinajstić information content (AvgIpc) is 2.89. The summed E-state index contributed by atoms with van der Waals surface area (Å²) in [4.78, 5) is 4.23. The van der Waals surface area contributed by atoms with Crippen LogP contribution in [-0.2, 0) is 0 Å². The van der Waals surface area contributed by atoms with Crippen LogP contribution < -0.4 is 5.73 Å². The topological polar surface area (TPSA) is 38.9 Å². The van der Waals surface area contributed by atoms with Gasteiger partial charge >= 0.3 is 0 Å². The van der Waals surface area contributed by atoms with Gasteiger partial charge < -0.3 is 5.73 Å². The van der Waals surface area contributed by atoms with Crippen LogP contribution in [0.4, 0.5) is 0 Å². The Morgan fingerprint density at radius 3 is 2.85 bits per heavy atom. The predicted molar refractivity (Wildman–Crippen MR) is 61.2 cm³/mol. The lowest BCUT2D eigenvalue weighted by atomic mass is 10.0. The van der Waals surface area contributed by atoms with Gasteiger partial charge in [0.05, 0.1) is 0 Å². The maximum atomic E-state index is 6.04. The molecule has 1 heterocycles. The zero-order valence-corrected chi connectivity index (χ0v) is 9.57. The van der Waals surface area contributed by atoms with Gasteiger partial charge in [0.25, 0.3) is 0 Å². The second-order valence-electron chi connectivity index (χ2n) is 3.70. The number of halogens is 1. The lowest BCUT2D eigenvalue weighted by Gasteiger charge is -2.10. The van der Waals surface area contributed by atoms with Crippen LogP contribution in [0.3, 0.4) is 0 Å². The van der Waals surface area contributed by atoms with E-state index in [1.807, 2.05) is 12.3 Å². The van der Waals surface area contributed by atoms with Crippen molar-refractivity contribution in [3.05, 3.63) is 27.6 Å². The first-order chi connectivity index (χ1) is 6.25. The Balaban J connectivity index is 2.01. The quantitative estimate of drug-likeness (QED) is 0.685. The fourth-order valence-electron chi connectivity index (χ4n) is 1.46. The van der Waals surface area contributed by atoms with Crippen LogP contribution in [0.5, 0.6) is 0 Å². The number of hydrogen-bond acceptors (Lipinski definition) is 2. The molecule has 70 valence electrons. The van der Waals surface area contributed by atoms with Gasteiger partial charge in [0, 0.05) is 12.2 Å². The summed E-state index contributed by atoms with van der Waals surface area (Å²) in [7, 11) is 0. The number of aromatic nitrogens is 1. The molecule has 13 heavy (non-hydrogen) atoms. The van der Waals surface area contributed by atoms with E-state index in [-0.39, 0.29) is 6.04 Å². The van der Waals surface area contributed by atoms with Crippen molar-refractivity contribution in [1.82, 2.24) is 4.98 Å². The van der Waals surface area contributed by atoms with Gasteiger partial charge in [-0.2, -0.15) is 0 Å². The number of rotatable bonds is 3. The molecule has 0 aliphatic heterocycles. The van der Waals surface area contributed by atoms with Gasteiger partial charge in [-0.15, -0.1) is 0 Å². The highest BCUT2D eigenvalue weighted by Crippen LogP contribution is 2.36. The van der Waals surface area contributed by atoms with Crippen LogP contribution in [0, 0.1) is 9.62 Å². The van der Waals surface area contributed by atoms with Gasteiger partial charge in [0.15, 0.2) is 0 Å². The van der Waals surface area contributed by atoms with Gasteiger partial charge in [-0.1, -0.05) is 18.9 Å². The molecule has 0 saturated heterocycles. The molecular weight excluding hydrogens is 275 g/mol. The van der Waals surface area contributed by atoms with Crippen LogP contribution >= 0.6 is 22.6 Å². The van der Waals surface area contributed by atoms with E-state index in [0.717, 1.165) is 16.0 Å². The van der Waals surface area contributed by atoms with Crippen LogP contribution in [-0.4, -0.2) is 4.98 Å². The minimum Gasteiger partial charge on any atom is -0.324 e. The molecule has 3 heteroatoms. The van der Waals surface area contributed by atoms with Crippen LogP contribution in [0.15, 0.2) is 18.3 Å². The van der Waals surface area contributed by atoms with Gasteiger partial charge in [0.2, 0.25) is 0 Å². The maximum absolute atomic E-state index is 6.04. The second-order valence-corrected chi connectivity index (χ2v) is 4.81. The van der Waals surface area contributed by atoms with E-state index < -0.39 is 0 Å². The molecule has 0 unspecified atom stereocenters. The smallest absolute Gasteiger partial charge is 0.101 e. The number of hydrogen-bond donors (Lipinski definition) is 1. The highest BCUT2D eigenvalue weighted by molar-refractivity contribution is 14.1. The van der Waals surface area contributed by atoms with E-state index in [9.17, 15) is 0 Å². The molecule has 0 radical (unpaired) electrons. The first-order valence-electron chi connectivity index (χ1n) is 4.63. The molecular formula is C10H13IN2. The Morgan fingerprint density at radius 1 is 1.54 bits per heavy atom. The second kappa shape index (κ2) is 3.92. The molecule has 0 spiro atoms. The maximum Gasteiger partial charge on any atom is 0.101 e. The normalized spacial score (nSPS) is 18.6. The molecule has 1 fully saturated rings. The van der Waals surface area contributed by atoms with Crippen molar-refractivity contribution < 1.29 is 0 Å². The third-order valence-electron chi connectivity index (χ3n) is 2.46. The van der Waals surface area contributed by atoms with Gasteiger partial charge in [-0.3, -0.25) is 0 Å². The fourth-order valence-corrected chi connectivity index (χ4v) is 1.77. The molecule has 0 bridgehead atoms. The minimum atomic E-state index is 0.192. The van der Waals surface area contributed by atoms with E-state index in [4.69, 9.17) is 5.73 Å². The van der Waals surface area contributed by atoms with Crippen molar-refractivity contribution in [2.75, 3.05) is 0 Å². The summed E-state index contributed by atoms with van der Waals surface area (Å²) in [5.74, 6) is 0.884. The van der Waals surface area contributed by atoms with Crippen molar-refractivity contribution >= 4 is 22.6 Å². The van der Waals surface area contributed by atoms with E-state index in [2.05, 4.69) is 33.6 Å². The average molecular weight is 288 g/mol. The highest BCUT2D eigenvalue weighted by atomic mass is 127. The molecule has 2 rings (SSSR count). The van der Waals surface area contributed by atoms with Gasteiger partial charge in [-0.25, -0.2) is 4.98 Å². The zero-order chi connectivity index (χ0) is 9.26. The van der Waals surface area contributed by atoms with Crippen molar-refractivity contribution in [2.24, 2.45) is 11.7 Å². The largest absolute Gasteiger partial charge is 0.324 e. The fraction of sp³-hybridized carbons (Fsp3) is 0.500. The number of nitrogens with two attached hydrogens (primary N) is 1. The predicted octanol–water partition coefficient (Wildman–Crippen LogP) is 2.49. The third kappa shape index (κ3) is 2.64. The molecule has 1 aromatic rings. The molecule has 2 nitrogen and oxygen atoms in total. The summed E-state index contributed by atoms with van der Waals surface area (Å²) in [6.07, 6.45) is 5.76. The van der Waals surface area contributed by atoms with Crippen molar-refractivity contribution in [3.63, 3.8) is 0 Å². The molecule has 1 aromatic heterocycles. The molecule has 1 saturated carbocycles. The summed E-state index contributed by atoms with van der Waals surface area (Å²) < 4.78 is 1.03. The SMILES string of the molecule is N[C@H](CC1CC1)c1ccc(I)nc1. The van der Waals surface area contributed by atoms with E-state index in [0.29, 0.717) is 0 Å². The Hall–Kier alpha value is -0.160. The molecule has 2 N–H and O–H groups in total. The Morgan fingerprint density at radius 2 is 2.31 bits per heavy atom. The molecule has 0 aromatic carbocycles. The van der Waals surface area contributed by atoms with Gasteiger partial charge in [-0.05, 0) is 46.6 Å². The molecule has 1 aliphatic rings. The molecule has 1 atom stereocenters. The summed E-state index contributed by atoms with van der Waals surface area (Å²) >= 11 is 2.21. The monoisotopic (exact) mass is 288 g/mol.